The van der Waals surface area contributed by atoms with Crippen LogP contribution in [0, 0.1) is 5.92 Å². The highest BCUT2D eigenvalue weighted by molar-refractivity contribution is 9.10. The van der Waals surface area contributed by atoms with Crippen molar-refractivity contribution in [3.63, 3.8) is 0 Å². The third-order valence-electron chi connectivity index (χ3n) is 5.59. The monoisotopic (exact) mass is 450 g/mol. The molecule has 2 aliphatic rings. The summed E-state index contributed by atoms with van der Waals surface area (Å²) in [4.78, 5) is 2.63. The van der Waals surface area contributed by atoms with Gasteiger partial charge in [-0.1, -0.05) is 46.3 Å². The Kier molecular flexibility index (Phi) is 5.40. The Hall–Kier alpha value is -1.25. The van der Waals surface area contributed by atoms with Crippen LogP contribution in [0.2, 0.25) is 0 Å². The van der Waals surface area contributed by atoms with Crippen LogP contribution in [0.25, 0.3) is 0 Å². The maximum absolute atomic E-state index is 13.3. The molecule has 5 nitrogen and oxygen atoms in total. The number of nitrogens with zero attached hydrogens (tertiary/aromatic N) is 2. The molecule has 0 spiro atoms. The molecule has 2 fully saturated rings. The summed E-state index contributed by atoms with van der Waals surface area (Å²) in [6, 6.07) is 16.7. The number of aliphatic hydroxyl groups is 1. The molecule has 2 saturated heterocycles. The maximum atomic E-state index is 13.3. The fourth-order valence-electron chi connectivity index (χ4n) is 4.38. The number of hydrogen-bond donors (Lipinski definition) is 1. The van der Waals surface area contributed by atoms with Gasteiger partial charge < -0.3 is 5.11 Å². The molecular formula is C20H23BrN2O3S. The van der Waals surface area contributed by atoms with Gasteiger partial charge in [0, 0.05) is 48.7 Å². The zero-order valence-electron chi connectivity index (χ0n) is 14.9. The van der Waals surface area contributed by atoms with E-state index >= 15 is 0 Å². The highest BCUT2D eigenvalue weighted by atomic mass is 79.9. The van der Waals surface area contributed by atoms with Gasteiger partial charge in [-0.15, -0.1) is 0 Å². The van der Waals surface area contributed by atoms with Crippen LogP contribution in [0.4, 0.5) is 0 Å². The third kappa shape index (κ3) is 3.71. The van der Waals surface area contributed by atoms with Crippen molar-refractivity contribution in [2.75, 3.05) is 19.7 Å². The first-order valence-corrected chi connectivity index (χ1v) is 11.4. The number of piperazine rings is 1. The van der Waals surface area contributed by atoms with E-state index < -0.39 is 10.0 Å². The van der Waals surface area contributed by atoms with Gasteiger partial charge in [0.05, 0.1) is 4.90 Å². The van der Waals surface area contributed by atoms with Crippen molar-refractivity contribution in [2.24, 2.45) is 5.92 Å². The molecule has 0 saturated carbocycles. The molecule has 0 unspecified atom stereocenters. The van der Waals surface area contributed by atoms with E-state index in [0.29, 0.717) is 24.4 Å². The number of likely N-dealkylation sites (tertiary alicyclic amines) is 1. The average Bonchev–Trinajstić information content (AvgIpc) is 2.91. The van der Waals surface area contributed by atoms with E-state index in [9.17, 15) is 13.5 Å². The molecule has 0 radical (unpaired) electrons. The lowest BCUT2D eigenvalue weighted by atomic mass is 10.0. The van der Waals surface area contributed by atoms with Crippen molar-refractivity contribution in [1.82, 2.24) is 9.21 Å². The SMILES string of the molecule is O=S(=O)(c1ccc(Br)cc1)N1[C@@H]2C[C@@H](CO)[C@H]1CN(Cc1ccccc1)C2. The van der Waals surface area contributed by atoms with Gasteiger partial charge in [-0.25, -0.2) is 8.42 Å². The van der Waals surface area contributed by atoms with Crippen molar-refractivity contribution in [2.45, 2.75) is 29.9 Å². The standard InChI is InChI=1S/C20H23BrN2O3S/c21-17-6-8-19(9-7-17)27(25,26)23-18-10-16(14-24)20(23)13-22(12-18)11-15-4-2-1-3-5-15/h1-9,16,18,20,24H,10-14H2/t16-,18+,20+/m0/s1. The predicted octanol–water partition coefficient (Wildman–Crippen LogP) is 2.71. The molecule has 2 aromatic carbocycles. The number of aliphatic hydroxyl groups excluding tert-OH is 1. The summed E-state index contributed by atoms with van der Waals surface area (Å²) in [5, 5.41) is 9.83. The lowest BCUT2D eigenvalue weighted by Crippen LogP contribution is -2.56. The molecule has 144 valence electrons. The summed E-state index contributed by atoms with van der Waals surface area (Å²) in [6.45, 7) is 2.16. The predicted molar refractivity (Wildman–Crippen MR) is 108 cm³/mol. The summed E-state index contributed by atoms with van der Waals surface area (Å²) in [5.41, 5.74) is 1.22. The summed E-state index contributed by atoms with van der Waals surface area (Å²) >= 11 is 3.36. The second-order valence-corrected chi connectivity index (χ2v) is 10.1. The molecule has 2 aromatic rings. The molecule has 2 aliphatic heterocycles. The first-order valence-electron chi connectivity index (χ1n) is 9.15. The molecular weight excluding hydrogens is 428 g/mol. The van der Waals surface area contributed by atoms with Crippen molar-refractivity contribution in [3.05, 3.63) is 64.6 Å². The number of rotatable bonds is 5. The van der Waals surface area contributed by atoms with Crippen LogP contribution < -0.4 is 0 Å². The van der Waals surface area contributed by atoms with Gasteiger partial charge in [0.15, 0.2) is 0 Å². The topological polar surface area (TPSA) is 60.9 Å². The molecule has 0 aromatic heterocycles. The Morgan fingerprint density at radius 3 is 2.41 bits per heavy atom. The molecule has 27 heavy (non-hydrogen) atoms. The van der Waals surface area contributed by atoms with Crippen LogP contribution in [0.3, 0.4) is 0 Å². The Morgan fingerprint density at radius 2 is 1.74 bits per heavy atom. The van der Waals surface area contributed by atoms with Crippen LogP contribution in [-0.2, 0) is 16.6 Å². The minimum atomic E-state index is -3.58. The Balaban J connectivity index is 1.59. The van der Waals surface area contributed by atoms with Gasteiger partial charge in [-0.05, 0) is 36.2 Å². The summed E-state index contributed by atoms with van der Waals surface area (Å²) in [7, 11) is -3.58. The molecule has 2 heterocycles. The molecule has 0 amide bonds. The third-order valence-corrected chi connectivity index (χ3v) is 8.11. The number of fused-ring (bicyclic) bond motifs is 2. The van der Waals surface area contributed by atoms with Gasteiger partial charge in [0.25, 0.3) is 0 Å². The number of benzene rings is 2. The molecule has 2 bridgehead atoms. The van der Waals surface area contributed by atoms with Crippen LogP contribution in [0.1, 0.15) is 12.0 Å². The van der Waals surface area contributed by atoms with Gasteiger partial charge in [-0.2, -0.15) is 4.31 Å². The van der Waals surface area contributed by atoms with E-state index in [1.807, 2.05) is 18.2 Å². The molecule has 1 N–H and O–H groups in total. The second kappa shape index (κ2) is 7.64. The maximum Gasteiger partial charge on any atom is 0.243 e. The van der Waals surface area contributed by atoms with Crippen molar-refractivity contribution < 1.29 is 13.5 Å². The number of halogens is 1. The minimum absolute atomic E-state index is 0.0130. The van der Waals surface area contributed by atoms with Gasteiger partial charge in [-0.3, -0.25) is 4.90 Å². The van der Waals surface area contributed by atoms with Crippen LogP contribution in [0.15, 0.2) is 64.0 Å². The Bertz CT molecular complexity index is 889. The van der Waals surface area contributed by atoms with E-state index in [2.05, 4.69) is 33.0 Å². The Labute approximate surface area is 168 Å². The van der Waals surface area contributed by atoms with E-state index in [4.69, 9.17) is 0 Å². The van der Waals surface area contributed by atoms with Gasteiger partial charge in [0.2, 0.25) is 10.0 Å². The largest absolute Gasteiger partial charge is 0.396 e. The highest BCUT2D eigenvalue weighted by Gasteiger charge is 2.51. The smallest absolute Gasteiger partial charge is 0.243 e. The number of hydrogen-bond acceptors (Lipinski definition) is 4. The lowest BCUT2D eigenvalue weighted by Gasteiger charge is -2.40. The van der Waals surface area contributed by atoms with Crippen LogP contribution in [0.5, 0.6) is 0 Å². The summed E-state index contributed by atoms with van der Waals surface area (Å²) in [5.74, 6) is -0.0130. The first kappa shape index (κ1) is 19.1. The minimum Gasteiger partial charge on any atom is -0.396 e. The fraction of sp³-hybridized carbons (Fsp3) is 0.400. The van der Waals surface area contributed by atoms with E-state index in [0.717, 1.165) is 11.0 Å². The fourth-order valence-corrected chi connectivity index (χ4v) is 6.51. The summed E-state index contributed by atoms with van der Waals surface area (Å²) in [6.07, 6.45) is 0.711. The summed E-state index contributed by atoms with van der Waals surface area (Å²) < 4.78 is 29.1. The first-order chi connectivity index (χ1) is 13.0. The lowest BCUT2D eigenvalue weighted by molar-refractivity contribution is 0.104. The number of sulfonamides is 1. The van der Waals surface area contributed by atoms with E-state index in [1.54, 1.807) is 28.6 Å². The van der Waals surface area contributed by atoms with E-state index in [-0.39, 0.29) is 24.6 Å². The van der Waals surface area contributed by atoms with Crippen LogP contribution >= 0.6 is 15.9 Å². The normalized spacial score (nSPS) is 26.4. The van der Waals surface area contributed by atoms with Crippen LogP contribution in [-0.4, -0.2) is 54.5 Å². The van der Waals surface area contributed by atoms with Crippen molar-refractivity contribution in [3.8, 4) is 0 Å². The molecule has 0 aliphatic carbocycles. The zero-order chi connectivity index (χ0) is 19.0. The van der Waals surface area contributed by atoms with Crippen molar-refractivity contribution in [1.29, 1.82) is 0 Å². The quantitative estimate of drug-likeness (QED) is 0.760. The van der Waals surface area contributed by atoms with Crippen molar-refractivity contribution >= 4 is 26.0 Å². The zero-order valence-corrected chi connectivity index (χ0v) is 17.3. The Morgan fingerprint density at radius 1 is 1.04 bits per heavy atom. The molecule has 3 atom stereocenters. The molecule has 4 rings (SSSR count). The molecule has 7 heteroatoms. The van der Waals surface area contributed by atoms with Gasteiger partial charge in [0.1, 0.15) is 0 Å². The van der Waals surface area contributed by atoms with E-state index in [1.165, 1.54) is 5.56 Å². The average molecular weight is 451 g/mol. The van der Waals surface area contributed by atoms with Gasteiger partial charge >= 0.3 is 0 Å². The second-order valence-electron chi connectivity index (χ2n) is 7.37. The highest BCUT2D eigenvalue weighted by Crippen LogP contribution is 2.39.